The normalized spacial score (nSPS) is 19.9. The number of carbonyl (C=O) groups excluding carboxylic acids is 1. The molecular formula is C24H24F4N4O2S. The molecular weight excluding hydrogens is 484 g/mol. The monoisotopic (exact) mass is 508 g/mol. The molecule has 2 aromatic rings. The van der Waals surface area contributed by atoms with Crippen molar-refractivity contribution in [3.8, 4) is 0 Å². The minimum atomic E-state index is -4.68. The first-order valence-corrected chi connectivity index (χ1v) is 11.8. The summed E-state index contributed by atoms with van der Waals surface area (Å²) in [7, 11) is -1.75. The van der Waals surface area contributed by atoms with Gasteiger partial charge in [0.2, 0.25) is 5.91 Å². The maximum atomic E-state index is 13.6. The molecule has 35 heavy (non-hydrogen) atoms. The van der Waals surface area contributed by atoms with E-state index in [1.54, 1.807) is 0 Å². The number of aromatic nitrogens is 1. The quantitative estimate of drug-likeness (QED) is 0.320. The van der Waals surface area contributed by atoms with Crippen LogP contribution in [0.15, 0.2) is 65.3 Å². The van der Waals surface area contributed by atoms with Crippen LogP contribution < -0.4 is 5.32 Å². The standard InChI is InChI=1S/C24H24F4N4O2S/c1-4-16(12-29-3)21-11-17(20(14-30-21)24(26,27)28)13-31-23(33)22-10-5-15(2)32(22)35(34)19-8-6-18(25)7-9-19/h4,6-9,11-12,14-15,22H,1,3,5,10,13H2,2H3,(H,31,33)/b16-12+. The highest BCUT2D eigenvalue weighted by atomic mass is 32.2. The summed E-state index contributed by atoms with van der Waals surface area (Å²) in [5.74, 6) is -1.03. The summed E-state index contributed by atoms with van der Waals surface area (Å²) in [5.41, 5.74) is -0.613. The molecule has 186 valence electrons. The first kappa shape index (κ1) is 26.4. The van der Waals surface area contributed by atoms with Crippen LogP contribution in [-0.4, -0.2) is 38.2 Å². The number of hydrogen-bond donors (Lipinski definition) is 1. The third kappa shape index (κ3) is 6.09. The van der Waals surface area contributed by atoms with Crippen molar-refractivity contribution < 1.29 is 26.6 Å². The average Bonchev–Trinajstić information content (AvgIpc) is 3.21. The Kier molecular flexibility index (Phi) is 8.34. The molecule has 2 heterocycles. The largest absolute Gasteiger partial charge is 0.418 e. The van der Waals surface area contributed by atoms with Gasteiger partial charge in [0, 0.05) is 30.6 Å². The predicted molar refractivity (Wildman–Crippen MR) is 126 cm³/mol. The number of halogens is 4. The highest BCUT2D eigenvalue weighted by molar-refractivity contribution is 7.82. The SMILES string of the molecule is C=C/C(=C\N=C)c1cc(CNC(=O)C2CCC(C)N2S(=O)c2ccc(F)cc2)c(C(F)(F)F)cn1. The van der Waals surface area contributed by atoms with Crippen LogP contribution in [0.3, 0.4) is 0 Å². The number of carbonyl (C=O) groups is 1. The summed E-state index contributed by atoms with van der Waals surface area (Å²) in [6, 6.07) is 5.28. The topological polar surface area (TPSA) is 74.7 Å². The number of nitrogens with one attached hydrogen (secondary N) is 1. The van der Waals surface area contributed by atoms with Crippen LogP contribution in [0.1, 0.15) is 36.6 Å². The molecule has 1 aromatic heterocycles. The number of amides is 1. The lowest BCUT2D eigenvalue weighted by Gasteiger charge is -2.26. The van der Waals surface area contributed by atoms with E-state index < -0.39 is 47.0 Å². The Balaban J connectivity index is 1.83. The number of hydrogen-bond acceptors (Lipinski definition) is 4. The zero-order chi connectivity index (χ0) is 25.8. The van der Waals surface area contributed by atoms with Gasteiger partial charge in [0.05, 0.1) is 16.2 Å². The second-order valence-corrected chi connectivity index (χ2v) is 9.31. The highest BCUT2D eigenvalue weighted by Gasteiger charge is 2.40. The van der Waals surface area contributed by atoms with E-state index in [1.165, 1.54) is 46.9 Å². The number of rotatable bonds is 8. The van der Waals surface area contributed by atoms with Gasteiger partial charge >= 0.3 is 6.18 Å². The van der Waals surface area contributed by atoms with Gasteiger partial charge in [-0.05, 0) is 62.4 Å². The van der Waals surface area contributed by atoms with Crippen molar-refractivity contribution in [3.05, 3.63) is 78.0 Å². The Morgan fingerprint density at radius 3 is 2.60 bits per heavy atom. The van der Waals surface area contributed by atoms with Gasteiger partial charge in [0.15, 0.2) is 0 Å². The second-order valence-electron chi connectivity index (χ2n) is 7.92. The lowest BCUT2D eigenvalue weighted by molar-refractivity contribution is -0.138. The number of nitrogens with zero attached hydrogens (tertiary/aromatic N) is 3. The smallest absolute Gasteiger partial charge is 0.351 e. The van der Waals surface area contributed by atoms with Crippen molar-refractivity contribution in [2.24, 2.45) is 4.99 Å². The second kappa shape index (κ2) is 11.0. The zero-order valence-corrected chi connectivity index (χ0v) is 19.7. The number of aliphatic imine (C=N–C) groups is 1. The molecule has 0 radical (unpaired) electrons. The maximum Gasteiger partial charge on any atom is 0.418 e. The molecule has 1 N–H and O–H groups in total. The molecule has 1 amide bonds. The van der Waals surface area contributed by atoms with Crippen molar-refractivity contribution >= 4 is 29.2 Å². The van der Waals surface area contributed by atoms with E-state index in [4.69, 9.17) is 0 Å². The zero-order valence-electron chi connectivity index (χ0n) is 18.9. The van der Waals surface area contributed by atoms with E-state index in [1.807, 2.05) is 6.92 Å². The minimum absolute atomic E-state index is 0.190. The van der Waals surface area contributed by atoms with Crippen molar-refractivity contribution in [1.82, 2.24) is 14.6 Å². The third-order valence-electron chi connectivity index (χ3n) is 5.60. The van der Waals surface area contributed by atoms with Crippen molar-refractivity contribution in [3.63, 3.8) is 0 Å². The van der Waals surface area contributed by atoms with Crippen LogP contribution in [0, 0.1) is 5.82 Å². The van der Waals surface area contributed by atoms with Gasteiger partial charge in [-0.2, -0.15) is 13.2 Å². The molecule has 3 unspecified atom stereocenters. The van der Waals surface area contributed by atoms with Crippen LogP contribution >= 0.6 is 0 Å². The van der Waals surface area contributed by atoms with Gasteiger partial charge in [0.1, 0.15) is 22.8 Å². The third-order valence-corrected chi connectivity index (χ3v) is 7.28. The molecule has 6 nitrogen and oxygen atoms in total. The Bertz CT molecular complexity index is 1170. The van der Waals surface area contributed by atoms with Gasteiger partial charge < -0.3 is 5.32 Å². The molecule has 3 rings (SSSR count). The molecule has 1 aliphatic rings. The van der Waals surface area contributed by atoms with E-state index in [-0.39, 0.29) is 17.3 Å². The maximum absolute atomic E-state index is 13.6. The van der Waals surface area contributed by atoms with Gasteiger partial charge in [-0.1, -0.05) is 12.7 Å². The molecule has 0 saturated carbocycles. The summed E-state index contributed by atoms with van der Waals surface area (Å²) < 4.78 is 68.6. The molecule has 1 saturated heterocycles. The van der Waals surface area contributed by atoms with Crippen molar-refractivity contribution in [2.75, 3.05) is 0 Å². The first-order valence-electron chi connectivity index (χ1n) is 10.6. The summed E-state index contributed by atoms with van der Waals surface area (Å²) in [6.45, 7) is 8.31. The van der Waals surface area contributed by atoms with E-state index in [9.17, 15) is 26.6 Å². The Hall–Kier alpha value is -3.18. The van der Waals surface area contributed by atoms with E-state index >= 15 is 0 Å². The fourth-order valence-electron chi connectivity index (χ4n) is 3.84. The van der Waals surface area contributed by atoms with Crippen LogP contribution in [0.4, 0.5) is 17.6 Å². The van der Waals surface area contributed by atoms with Gasteiger partial charge in [0.25, 0.3) is 0 Å². The average molecular weight is 509 g/mol. The van der Waals surface area contributed by atoms with Gasteiger partial charge in [-0.3, -0.25) is 14.8 Å². The first-order chi connectivity index (χ1) is 16.6. The van der Waals surface area contributed by atoms with Crippen LogP contribution in [0.25, 0.3) is 5.57 Å². The van der Waals surface area contributed by atoms with Crippen molar-refractivity contribution in [1.29, 1.82) is 0 Å². The molecule has 0 bridgehead atoms. The Labute approximate surface area is 203 Å². The Morgan fingerprint density at radius 1 is 1.31 bits per heavy atom. The summed E-state index contributed by atoms with van der Waals surface area (Å²) >= 11 is 0. The predicted octanol–water partition coefficient (Wildman–Crippen LogP) is 4.66. The molecule has 0 aliphatic carbocycles. The Morgan fingerprint density at radius 2 is 2.00 bits per heavy atom. The summed E-state index contributed by atoms with van der Waals surface area (Å²) in [6.07, 6.45) is -0.339. The molecule has 3 atom stereocenters. The number of allylic oxidation sites excluding steroid dienone is 2. The fourth-order valence-corrected chi connectivity index (χ4v) is 5.31. The van der Waals surface area contributed by atoms with Crippen LogP contribution in [0.5, 0.6) is 0 Å². The molecule has 1 fully saturated rings. The van der Waals surface area contributed by atoms with Crippen molar-refractivity contribution in [2.45, 2.75) is 49.5 Å². The van der Waals surface area contributed by atoms with E-state index in [0.717, 1.165) is 0 Å². The lowest BCUT2D eigenvalue weighted by atomic mass is 10.0. The van der Waals surface area contributed by atoms with Gasteiger partial charge in [-0.15, -0.1) is 0 Å². The summed E-state index contributed by atoms with van der Waals surface area (Å²) in [4.78, 5) is 20.8. The molecule has 1 aliphatic heterocycles. The van der Waals surface area contributed by atoms with E-state index in [2.05, 4.69) is 28.6 Å². The summed E-state index contributed by atoms with van der Waals surface area (Å²) in [5, 5.41) is 2.55. The number of alkyl halides is 3. The van der Waals surface area contributed by atoms with Crippen LogP contribution in [-0.2, 0) is 28.5 Å². The minimum Gasteiger partial charge on any atom is -0.351 e. The van der Waals surface area contributed by atoms with Gasteiger partial charge in [-0.25, -0.2) is 12.9 Å². The number of benzene rings is 1. The molecule has 0 spiro atoms. The fraction of sp³-hybridized carbons (Fsp3) is 0.292. The molecule has 1 aromatic carbocycles. The lowest BCUT2D eigenvalue weighted by Crippen LogP contribution is -2.46. The van der Waals surface area contributed by atoms with Crippen LogP contribution in [0.2, 0.25) is 0 Å². The number of pyridine rings is 1. The highest BCUT2D eigenvalue weighted by Crippen LogP contribution is 2.33. The van der Waals surface area contributed by atoms with E-state index in [0.29, 0.717) is 29.5 Å². The molecule has 11 heteroatoms.